The molecule has 1 aromatic heterocycles. The van der Waals surface area contributed by atoms with Gasteiger partial charge in [-0.15, -0.1) is 0 Å². The zero-order chi connectivity index (χ0) is 22.3. The fraction of sp³-hybridized carbons (Fsp3) is 0. The second-order valence-corrected chi connectivity index (χ2v) is 7.00. The molecule has 0 atom stereocenters. The lowest BCUT2D eigenvalue weighted by Crippen LogP contribution is -2.22. The molecule has 32 heavy (non-hydrogen) atoms. The number of para-hydroxylation sites is 1. The van der Waals surface area contributed by atoms with Gasteiger partial charge >= 0.3 is 5.97 Å². The number of carbonyl (C=O) groups excluding carboxylic acids is 1. The number of halogens is 1. The van der Waals surface area contributed by atoms with Crippen LogP contribution < -0.4 is 15.7 Å². The highest BCUT2D eigenvalue weighted by Gasteiger charge is 2.10. The summed E-state index contributed by atoms with van der Waals surface area (Å²) in [5.74, 6) is -0.0122. The first-order valence-corrected chi connectivity index (χ1v) is 9.99. The predicted molar refractivity (Wildman–Crippen MR) is 124 cm³/mol. The maximum absolute atomic E-state index is 12.5. The summed E-state index contributed by atoms with van der Waals surface area (Å²) in [6.07, 6.45) is 2.97. The lowest BCUT2D eigenvalue weighted by atomic mass is 10.2. The van der Waals surface area contributed by atoms with Crippen LogP contribution in [0.25, 0.3) is 5.69 Å². The molecule has 0 saturated heterocycles. The van der Waals surface area contributed by atoms with Crippen molar-refractivity contribution in [3.05, 3.63) is 118 Å². The zero-order valence-corrected chi connectivity index (χ0v) is 17.4. The van der Waals surface area contributed by atoms with E-state index in [-0.39, 0.29) is 10.7 Å². The largest absolute Gasteiger partial charge is 0.423 e. The van der Waals surface area contributed by atoms with Crippen molar-refractivity contribution >= 4 is 29.5 Å². The summed E-state index contributed by atoms with van der Waals surface area (Å²) in [6, 6.07) is 24.5. The smallest absolute Gasteiger partial charge is 0.343 e. The van der Waals surface area contributed by atoms with Gasteiger partial charge in [0.15, 0.2) is 0 Å². The van der Waals surface area contributed by atoms with Gasteiger partial charge in [0.1, 0.15) is 16.5 Å². The van der Waals surface area contributed by atoms with Gasteiger partial charge in [0.05, 0.1) is 23.7 Å². The second-order valence-electron chi connectivity index (χ2n) is 6.62. The Bertz CT molecular complexity index is 1300. The van der Waals surface area contributed by atoms with Crippen molar-refractivity contribution < 1.29 is 9.53 Å². The quantitative estimate of drug-likeness (QED) is 0.204. The number of nitrogens with one attached hydrogen (secondary N) is 1. The Balaban J connectivity index is 1.40. The van der Waals surface area contributed by atoms with Gasteiger partial charge in [0, 0.05) is 0 Å². The molecule has 0 bridgehead atoms. The van der Waals surface area contributed by atoms with E-state index in [0.717, 1.165) is 5.56 Å². The third-order valence-corrected chi connectivity index (χ3v) is 4.78. The van der Waals surface area contributed by atoms with Crippen molar-refractivity contribution in [1.29, 1.82) is 0 Å². The summed E-state index contributed by atoms with van der Waals surface area (Å²) < 4.78 is 6.56. The Morgan fingerprint density at radius 1 is 0.969 bits per heavy atom. The molecule has 0 amide bonds. The van der Waals surface area contributed by atoms with E-state index in [0.29, 0.717) is 17.0 Å². The van der Waals surface area contributed by atoms with Gasteiger partial charge in [-0.2, -0.15) is 14.9 Å². The van der Waals surface area contributed by atoms with Gasteiger partial charge in [-0.1, -0.05) is 48.0 Å². The maximum Gasteiger partial charge on any atom is 0.343 e. The number of rotatable bonds is 6. The van der Waals surface area contributed by atoms with E-state index in [4.69, 9.17) is 16.3 Å². The molecular weight excluding hydrogens is 428 g/mol. The van der Waals surface area contributed by atoms with E-state index in [1.807, 2.05) is 24.3 Å². The van der Waals surface area contributed by atoms with Crippen LogP contribution in [0.3, 0.4) is 0 Å². The second kappa shape index (κ2) is 9.72. The third kappa shape index (κ3) is 4.91. The van der Waals surface area contributed by atoms with E-state index in [2.05, 4.69) is 15.6 Å². The third-order valence-electron chi connectivity index (χ3n) is 4.42. The van der Waals surface area contributed by atoms with Gasteiger partial charge in [-0.25, -0.2) is 4.79 Å². The Labute approximate surface area is 188 Å². The first-order valence-electron chi connectivity index (χ1n) is 9.61. The van der Waals surface area contributed by atoms with Crippen LogP contribution in [0.5, 0.6) is 5.75 Å². The molecule has 8 heteroatoms. The highest BCUT2D eigenvalue weighted by Crippen LogP contribution is 2.17. The van der Waals surface area contributed by atoms with Gasteiger partial charge in [-0.05, 0) is 54.1 Å². The Morgan fingerprint density at radius 3 is 2.31 bits per heavy atom. The number of hydrogen-bond donors (Lipinski definition) is 1. The van der Waals surface area contributed by atoms with Gasteiger partial charge < -0.3 is 4.74 Å². The molecular formula is C24H17ClN4O3. The Kier molecular flexibility index (Phi) is 6.38. The van der Waals surface area contributed by atoms with E-state index >= 15 is 0 Å². The highest BCUT2D eigenvalue weighted by molar-refractivity contribution is 6.32. The fourth-order valence-corrected chi connectivity index (χ4v) is 2.97. The van der Waals surface area contributed by atoms with E-state index in [9.17, 15) is 9.59 Å². The molecule has 7 nitrogen and oxygen atoms in total. The maximum atomic E-state index is 12.5. The summed E-state index contributed by atoms with van der Waals surface area (Å²) in [6.45, 7) is 0. The van der Waals surface area contributed by atoms with E-state index in [1.54, 1.807) is 66.9 Å². The number of aromatic nitrogens is 2. The molecule has 1 heterocycles. The summed E-state index contributed by atoms with van der Waals surface area (Å²) in [5.41, 5.74) is 4.39. The Morgan fingerprint density at radius 2 is 1.62 bits per heavy atom. The van der Waals surface area contributed by atoms with Crippen molar-refractivity contribution in [2.75, 3.05) is 5.43 Å². The van der Waals surface area contributed by atoms with Crippen LogP contribution in [0.2, 0.25) is 5.02 Å². The van der Waals surface area contributed by atoms with Crippen molar-refractivity contribution in [3.8, 4) is 11.4 Å². The number of benzene rings is 3. The van der Waals surface area contributed by atoms with Crippen molar-refractivity contribution in [2.24, 2.45) is 5.10 Å². The standard InChI is InChI=1S/C24H17ClN4O3/c25-22-21(16-27-29(23(22)30)19-9-5-2-6-10-19)28-26-15-17-11-13-20(14-12-17)32-24(31)18-7-3-1-4-8-18/h1-16,28H/b26-15-. The van der Waals surface area contributed by atoms with Crippen molar-refractivity contribution in [2.45, 2.75) is 0 Å². The average molecular weight is 445 g/mol. The van der Waals surface area contributed by atoms with E-state index < -0.39 is 11.5 Å². The van der Waals surface area contributed by atoms with Gasteiger partial charge in [0.25, 0.3) is 5.56 Å². The van der Waals surface area contributed by atoms with Gasteiger partial charge in [-0.3, -0.25) is 10.2 Å². The molecule has 0 aliphatic heterocycles. The number of esters is 1. The zero-order valence-electron chi connectivity index (χ0n) is 16.7. The number of hydrogen-bond acceptors (Lipinski definition) is 6. The van der Waals surface area contributed by atoms with Gasteiger partial charge in [0.2, 0.25) is 0 Å². The molecule has 0 unspecified atom stereocenters. The number of anilines is 1. The first kappa shape index (κ1) is 21.0. The van der Waals surface area contributed by atoms with Crippen LogP contribution >= 0.6 is 11.6 Å². The average Bonchev–Trinajstić information content (AvgIpc) is 2.84. The molecule has 0 fully saturated rings. The molecule has 0 aliphatic rings. The lowest BCUT2D eigenvalue weighted by molar-refractivity contribution is 0.0735. The Hall–Kier alpha value is -4.23. The molecule has 1 N–H and O–H groups in total. The van der Waals surface area contributed by atoms with Crippen LogP contribution in [0.15, 0.2) is 101 Å². The minimum Gasteiger partial charge on any atom is -0.423 e. The monoisotopic (exact) mass is 444 g/mol. The van der Waals surface area contributed by atoms with Crippen LogP contribution in [0.4, 0.5) is 5.69 Å². The molecule has 158 valence electrons. The van der Waals surface area contributed by atoms with Crippen molar-refractivity contribution in [1.82, 2.24) is 9.78 Å². The molecule has 4 rings (SSSR count). The van der Waals surface area contributed by atoms with Crippen LogP contribution in [-0.4, -0.2) is 22.0 Å². The van der Waals surface area contributed by atoms with Crippen LogP contribution in [0.1, 0.15) is 15.9 Å². The molecule has 0 saturated carbocycles. The molecule has 0 aliphatic carbocycles. The summed E-state index contributed by atoms with van der Waals surface area (Å²) >= 11 is 6.19. The lowest BCUT2D eigenvalue weighted by Gasteiger charge is -2.07. The SMILES string of the molecule is O=C(Oc1ccc(/C=N\Nc2cnn(-c3ccccc3)c(=O)c2Cl)cc1)c1ccccc1. The van der Waals surface area contributed by atoms with Crippen LogP contribution in [0, 0.1) is 0 Å². The minimum atomic E-state index is -0.456. The number of ether oxygens (including phenoxy) is 1. The van der Waals surface area contributed by atoms with Crippen LogP contribution in [-0.2, 0) is 0 Å². The summed E-state index contributed by atoms with van der Waals surface area (Å²) in [7, 11) is 0. The minimum absolute atomic E-state index is 0.0239. The fourth-order valence-electron chi connectivity index (χ4n) is 2.80. The number of nitrogens with zero attached hydrogens (tertiary/aromatic N) is 3. The summed E-state index contributed by atoms with van der Waals surface area (Å²) in [4.78, 5) is 24.6. The molecule has 0 spiro atoms. The molecule has 4 aromatic rings. The first-order chi connectivity index (χ1) is 15.6. The number of carbonyl (C=O) groups is 1. The molecule has 0 radical (unpaired) electrons. The normalized spacial score (nSPS) is 10.8. The molecule has 3 aromatic carbocycles. The van der Waals surface area contributed by atoms with Crippen molar-refractivity contribution in [3.63, 3.8) is 0 Å². The van der Waals surface area contributed by atoms with E-state index in [1.165, 1.54) is 10.9 Å². The topological polar surface area (TPSA) is 85.6 Å². The number of hydrazone groups is 1. The predicted octanol–water partition coefficient (Wildman–Crippen LogP) is 4.55. The highest BCUT2D eigenvalue weighted by atomic mass is 35.5. The summed E-state index contributed by atoms with van der Waals surface area (Å²) in [5, 5.41) is 8.21.